The minimum absolute atomic E-state index is 0.0780. The number of nitrogens with zero attached hydrogens (tertiary/aromatic N) is 4. The third-order valence-corrected chi connectivity index (χ3v) is 5.89. The number of aryl methyl sites for hydroxylation is 2. The lowest BCUT2D eigenvalue weighted by Gasteiger charge is -2.20. The van der Waals surface area contributed by atoms with E-state index in [1.165, 1.54) is 6.42 Å². The van der Waals surface area contributed by atoms with Crippen molar-refractivity contribution in [3.8, 4) is 11.4 Å². The maximum Gasteiger partial charge on any atom is 0.244 e. The number of anilines is 1. The van der Waals surface area contributed by atoms with E-state index in [9.17, 15) is 9.59 Å². The molecule has 1 fully saturated rings. The van der Waals surface area contributed by atoms with Crippen LogP contribution in [0, 0.1) is 6.92 Å². The normalized spacial score (nSPS) is 17.4. The summed E-state index contributed by atoms with van der Waals surface area (Å²) in [4.78, 5) is 26.5. The number of carbonyl (C=O) groups excluding carboxylic acids is 2. The summed E-state index contributed by atoms with van der Waals surface area (Å²) in [6.45, 7) is 3.69. The van der Waals surface area contributed by atoms with Crippen LogP contribution in [0.2, 0.25) is 0 Å². The van der Waals surface area contributed by atoms with Crippen molar-refractivity contribution in [2.75, 3.05) is 18.4 Å². The standard InChI is InChI=1S/C22H29N5O2/c1-16-10-11-17(22-25-24-19-8-4-2-7-13-27(19)22)14-18(16)23-20(28)15-26-12-6-3-5-9-21(26)29/h10-11,14H,2-9,12-13,15H2,1H3,(H,23,28). The van der Waals surface area contributed by atoms with E-state index in [2.05, 4.69) is 20.1 Å². The van der Waals surface area contributed by atoms with Crippen LogP contribution in [0.3, 0.4) is 0 Å². The van der Waals surface area contributed by atoms with Crippen LogP contribution in [0.1, 0.15) is 56.3 Å². The second-order valence-electron chi connectivity index (χ2n) is 8.11. The number of rotatable bonds is 4. The first-order chi connectivity index (χ1) is 14.1. The molecule has 1 N–H and O–H groups in total. The van der Waals surface area contributed by atoms with E-state index < -0.39 is 0 Å². The molecule has 1 aromatic carbocycles. The molecular formula is C22H29N5O2. The Morgan fingerprint density at radius 3 is 2.69 bits per heavy atom. The van der Waals surface area contributed by atoms with Gasteiger partial charge in [0.2, 0.25) is 11.8 Å². The average Bonchev–Trinajstić information content (AvgIpc) is 2.84. The lowest BCUT2D eigenvalue weighted by atomic mass is 10.1. The van der Waals surface area contributed by atoms with Gasteiger partial charge in [-0.1, -0.05) is 25.0 Å². The van der Waals surface area contributed by atoms with Gasteiger partial charge >= 0.3 is 0 Å². The van der Waals surface area contributed by atoms with Crippen molar-refractivity contribution in [2.45, 2.75) is 64.8 Å². The summed E-state index contributed by atoms with van der Waals surface area (Å²) in [5.41, 5.74) is 2.71. The predicted molar refractivity (Wildman–Crippen MR) is 111 cm³/mol. The zero-order valence-electron chi connectivity index (χ0n) is 17.1. The summed E-state index contributed by atoms with van der Waals surface area (Å²) in [6, 6.07) is 6.01. The SMILES string of the molecule is Cc1ccc(-c2nnc3n2CCCCC3)cc1NC(=O)CN1CCCCCC1=O. The van der Waals surface area contributed by atoms with Crippen molar-refractivity contribution < 1.29 is 9.59 Å². The molecule has 4 rings (SSSR count). The molecule has 0 unspecified atom stereocenters. The molecule has 0 aliphatic carbocycles. The molecule has 7 heteroatoms. The van der Waals surface area contributed by atoms with E-state index in [4.69, 9.17) is 0 Å². The summed E-state index contributed by atoms with van der Waals surface area (Å²) < 4.78 is 2.21. The average molecular weight is 396 g/mol. The lowest BCUT2D eigenvalue weighted by molar-refractivity contribution is -0.134. The molecule has 0 bridgehead atoms. The Labute approximate surface area is 171 Å². The fourth-order valence-electron chi connectivity index (χ4n) is 4.16. The summed E-state index contributed by atoms with van der Waals surface area (Å²) in [6.07, 6.45) is 7.94. The van der Waals surface area contributed by atoms with Crippen LogP contribution < -0.4 is 5.32 Å². The molecule has 2 amide bonds. The molecule has 0 spiro atoms. The number of amides is 2. The minimum atomic E-state index is -0.152. The van der Waals surface area contributed by atoms with Crippen LogP contribution in [-0.2, 0) is 22.6 Å². The van der Waals surface area contributed by atoms with Crippen molar-refractivity contribution in [1.29, 1.82) is 0 Å². The van der Waals surface area contributed by atoms with Crippen LogP contribution in [0.4, 0.5) is 5.69 Å². The fraction of sp³-hybridized carbons (Fsp3) is 0.545. The smallest absolute Gasteiger partial charge is 0.244 e. The Hall–Kier alpha value is -2.70. The highest BCUT2D eigenvalue weighted by atomic mass is 16.2. The quantitative estimate of drug-likeness (QED) is 0.861. The molecular weight excluding hydrogens is 366 g/mol. The number of hydrogen-bond donors (Lipinski definition) is 1. The van der Waals surface area contributed by atoms with Crippen molar-refractivity contribution in [3.05, 3.63) is 29.6 Å². The zero-order valence-corrected chi connectivity index (χ0v) is 17.1. The molecule has 154 valence electrons. The van der Waals surface area contributed by atoms with Gasteiger partial charge in [0, 0.05) is 37.2 Å². The third kappa shape index (κ3) is 4.49. The highest BCUT2D eigenvalue weighted by Crippen LogP contribution is 2.27. The van der Waals surface area contributed by atoms with Gasteiger partial charge in [-0.2, -0.15) is 0 Å². The van der Waals surface area contributed by atoms with Crippen LogP contribution in [0.25, 0.3) is 11.4 Å². The van der Waals surface area contributed by atoms with Gasteiger partial charge in [0.1, 0.15) is 5.82 Å². The van der Waals surface area contributed by atoms with E-state index in [1.54, 1.807) is 4.90 Å². The predicted octanol–water partition coefficient (Wildman–Crippen LogP) is 3.32. The van der Waals surface area contributed by atoms with E-state index >= 15 is 0 Å². The van der Waals surface area contributed by atoms with Crippen molar-refractivity contribution in [2.24, 2.45) is 0 Å². The Balaban J connectivity index is 1.51. The van der Waals surface area contributed by atoms with Crippen molar-refractivity contribution in [1.82, 2.24) is 19.7 Å². The van der Waals surface area contributed by atoms with Gasteiger partial charge in [-0.15, -0.1) is 10.2 Å². The molecule has 2 aliphatic rings. The molecule has 1 saturated heterocycles. The van der Waals surface area contributed by atoms with Gasteiger partial charge in [-0.05, 0) is 44.2 Å². The highest BCUT2D eigenvalue weighted by molar-refractivity contribution is 5.95. The Morgan fingerprint density at radius 1 is 1.03 bits per heavy atom. The summed E-state index contributed by atoms with van der Waals surface area (Å²) >= 11 is 0. The third-order valence-electron chi connectivity index (χ3n) is 5.89. The number of nitrogens with one attached hydrogen (secondary N) is 1. The summed E-state index contributed by atoms with van der Waals surface area (Å²) in [5, 5.41) is 11.8. The molecule has 0 saturated carbocycles. The second-order valence-corrected chi connectivity index (χ2v) is 8.11. The van der Waals surface area contributed by atoms with E-state index in [0.717, 1.165) is 73.5 Å². The molecule has 2 aliphatic heterocycles. The maximum absolute atomic E-state index is 12.6. The number of hydrogen-bond acceptors (Lipinski definition) is 4. The minimum Gasteiger partial charge on any atom is -0.333 e. The lowest BCUT2D eigenvalue weighted by Crippen LogP contribution is -2.37. The second kappa shape index (κ2) is 8.76. The molecule has 1 aromatic heterocycles. The van der Waals surface area contributed by atoms with E-state index in [1.807, 2.05) is 25.1 Å². The monoisotopic (exact) mass is 395 g/mol. The fourth-order valence-corrected chi connectivity index (χ4v) is 4.16. The van der Waals surface area contributed by atoms with Crippen molar-refractivity contribution in [3.63, 3.8) is 0 Å². The van der Waals surface area contributed by atoms with Crippen LogP contribution in [0.15, 0.2) is 18.2 Å². The van der Waals surface area contributed by atoms with Gasteiger partial charge in [0.05, 0.1) is 6.54 Å². The Kier molecular flexibility index (Phi) is 5.92. The Morgan fingerprint density at radius 2 is 1.83 bits per heavy atom. The van der Waals surface area contributed by atoms with Crippen molar-refractivity contribution >= 4 is 17.5 Å². The zero-order chi connectivity index (χ0) is 20.2. The molecule has 7 nitrogen and oxygen atoms in total. The number of fused-ring (bicyclic) bond motifs is 1. The van der Waals surface area contributed by atoms with Gasteiger partial charge in [-0.25, -0.2) is 0 Å². The van der Waals surface area contributed by atoms with Crippen LogP contribution in [-0.4, -0.2) is 44.6 Å². The molecule has 3 heterocycles. The number of likely N-dealkylation sites (tertiary alicyclic amines) is 1. The largest absolute Gasteiger partial charge is 0.333 e. The number of aromatic nitrogens is 3. The first-order valence-corrected chi connectivity index (χ1v) is 10.7. The van der Waals surface area contributed by atoms with E-state index in [-0.39, 0.29) is 18.4 Å². The van der Waals surface area contributed by atoms with Gasteiger partial charge in [-0.3, -0.25) is 9.59 Å². The highest BCUT2D eigenvalue weighted by Gasteiger charge is 2.20. The molecule has 2 aromatic rings. The van der Waals surface area contributed by atoms with Gasteiger partial charge in [0.15, 0.2) is 5.82 Å². The summed E-state index contributed by atoms with van der Waals surface area (Å²) in [7, 11) is 0. The first kappa shape index (κ1) is 19.6. The van der Waals surface area contributed by atoms with E-state index in [0.29, 0.717) is 13.0 Å². The molecule has 0 radical (unpaired) electrons. The first-order valence-electron chi connectivity index (χ1n) is 10.7. The van der Waals surface area contributed by atoms with Gasteiger partial charge < -0.3 is 14.8 Å². The molecule has 0 atom stereocenters. The topological polar surface area (TPSA) is 80.1 Å². The maximum atomic E-state index is 12.6. The van der Waals surface area contributed by atoms with Crippen LogP contribution in [0.5, 0.6) is 0 Å². The molecule has 29 heavy (non-hydrogen) atoms. The van der Waals surface area contributed by atoms with Gasteiger partial charge in [0.25, 0.3) is 0 Å². The van der Waals surface area contributed by atoms with Crippen LogP contribution >= 0.6 is 0 Å². The Bertz CT molecular complexity index is 905. The summed E-state index contributed by atoms with van der Waals surface area (Å²) in [5.74, 6) is 1.83. The number of benzene rings is 1. The number of carbonyl (C=O) groups is 2.